The number of carbonyl (C=O) groups excluding carboxylic acids is 1. The van der Waals surface area contributed by atoms with E-state index in [0.29, 0.717) is 28.4 Å². The summed E-state index contributed by atoms with van der Waals surface area (Å²) in [5.74, 6) is 0.644. The molecule has 1 amide bonds. The van der Waals surface area contributed by atoms with Crippen molar-refractivity contribution in [2.45, 2.75) is 25.8 Å². The smallest absolute Gasteiger partial charge is 0.274 e. The Morgan fingerprint density at radius 3 is 2.87 bits per heavy atom. The van der Waals surface area contributed by atoms with E-state index in [-0.39, 0.29) is 11.6 Å². The third-order valence-corrected chi connectivity index (χ3v) is 3.93. The molecule has 1 aromatic carbocycles. The van der Waals surface area contributed by atoms with Gasteiger partial charge < -0.3 is 15.4 Å². The van der Waals surface area contributed by atoms with Crippen molar-refractivity contribution in [3.63, 3.8) is 0 Å². The standard InChI is InChI=1S/C16H17ClN4O2/c1-9-7-13(14(23-2)8-11(9)17)20-15(22)12-5-6-18-16(21-12)19-10-3-4-10/h5-8,10H,3-4H2,1-2H3,(H,20,22)(H,18,19,21). The third kappa shape index (κ3) is 3.71. The Bertz CT molecular complexity index is 747. The van der Waals surface area contributed by atoms with Gasteiger partial charge in [-0.15, -0.1) is 0 Å². The minimum Gasteiger partial charge on any atom is -0.495 e. The van der Waals surface area contributed by atoms with Crippen LogP contribution in [0.25, 0.3) is 0 Å². The second kappa shape index (κ2) is 6.42. The van der Waals surface area contributed by atoms with Crippen LogP contribution in [-0.2, 0) is 0 Å². The van der Waals surface area contributed by atoms with E-state index in [1.54, 1.807) is 24.4 Å². The molecule has 7 heteroatoms. The van der Waals surface area contributed by atoms with Gasteiger partial charge in [0.2, 0.25) is 5.95 Å². The van der Waals surface area contributed by atoms with E-state index >= 15 is 0 Å². The van der Waals surface area contributed by atoms with Gasteiger partial charge in [-0.05, 0) is 37.5 Å². The van der Waals surface area contributed by atoms with Crippen LogP contribution in [0.4, 0.5) is 11.6 Å². The molecule has 2 N–H and O–H groups in total. The van der Waals surface area contributed by atoms with Crippen LogP contribution in [0.15, 0.2) is 24.4 Å². The zero-order chi connectivity index (χ0) is 16.4. The van der Waals surface area contributed by atoms with Crippen molar-refractivity contribution < 1.29 is 9.53 Å². The number of hydrogen-bond donors (Lipinski definition) is 2. The van der Waals surface area contributed by atoms with Gasteiger partial charge in [0, 0.05) is 23.3 Å². The average molecular weight is 333 g/mol. The minimum atomic E-state index is -0.328. The number of aromatic nitrogens is 2. The first kappa shape index (κ1) is 15.6. The largest absolute Gasteiger partial charge is 0.495 e. The molecule has 6 nitrogen and oxygen atoms in total. The SMILES string of the molecule is COc1cc(Cl)c(C)cc1NC(=O)c1ccnc(NC2CC2)n1. The van der Waals surface area contributed by atoms with E-state index in [0.717, 1.165) is 18.4 Å². The Balaban J connectivity index is 1.80. The summed E-state index contributed by atoms with van der Waals surface area (Å²) in [6.45, 7) is 1.86. The van der Waals surface area contributed by atoms with Crippen LogP contribution in [0, 0.1) is 6.92 Å². The molecule has 0 atom stereocenters. The zero-order valence-corrected chi connectivity index (χ0v) is 13.6. The monoisotopic (exact) mass is 332 g/mol. The van der Waals surface area contributed by atoms with Gasteiger partial charge in [-0.2, -0.15) is 0 Å². The molecule has 0 unspecified atom stereocenters. The summed E-state index contributed by atoms with van der Waals surface area (Å²) in [7, 11) is 1.53. The lowest BCUT2D eigenvalue weighted by Crippen LogP contribution is -2.16. The van der Waals surface area contributed by atoms with E-state index in [1.165, 1.54) is 7.11 Å². The van der Waals surface area contributed by atoms with E-state index in [9.17, 15) is 4.79 Å². The lowest BCUT2D eigenvalue weighted by atomic mass is 10.2. The van der Waals surface area contributed by atoms with Gasteiger partial charge in [0.1, 0.15) is 11.4 Å². The molecule has 3 rings (SSSR count). The van der Waals surface area contributed by atoms with Crippen molar-refractivity contribution in [1.82, 2.24) is 9.97 Å². The number of ether oxygens (including phenoxy) is 1. The molecule has 0 bridgehead atoms. The van der Waals surface area contributed by atoms with Crippen molar-refractivity contribution in [2.75, 3.05) is 17.7 Å². The van der Waals surface area contributed by atoms with Crippen LogP contribution in [-0.4, -0.2) is 29.0 Å². The second-order valence-electron chi connectivity index (χ2n) is 5.44. The Hall–Kier alpha value is -2.34. The molecule has 1 aliphatic carbocycles. The van der Waals surface area contributed by atoms with Gasteiger partial charge >= 0.3 is 0 Å². The van der Waals surface area contributed by atoms with Crippen LogP contribution in [0.3, 0.4) is 0 Å². The maximum Gasteiger partial charge on any atom is 0.274 e. The first-order valence-electron chi connectivity index (χ1n) is 7.32. The van der Waals surface area contributed by atoms with E-state index in [1.807, 2.05) is 6.92 Å². The van der Waals surface area contributed by atoms with E-state index < -0.39 is 0 Å². The van der Waals surface area contributed by atoms with Crippen LogP contribution in [0.1, 0.15) is 28.9 Å². The number of hydrogen-bond acceptors (Lipinski definition) is 5. The molecule has 0 radical (unpaired) electrons. The third-order valence-electron chi connectivity index (χ3n) is 3.53. The highest BCUT2D eigenvalue weighted by Crippen LogP contribution is 2.31. The number of amides is 1. The van der Waals surface area contributed by atoms with Gasteiger partial charge in [-0.25, -0.2) is 9.97 Å². The number of carbonyl (C=O) groups is 1. The van der Waals surface area contributed by atoms with E-state index in [2.05, 4.69) is 20.6 Å². The molecular formula is C16H17ClN4O2. The predicted molar refractivity (Wildman–Crippen MR) is 89.4 cm³/mol. The van der Waals surface area contributed by atoms with Crippen LogP contribution < -0.4 is 15.4 Å². The molecule has 23 heavy (non-hydrogen) atoms. The highest BCUT2D eigenvalue weighted by Gasteiger charge is 2.22. The van der Waals surface area contributed by atoms with Crippen molar-refractivity contribution >= 4 is 29.1 Å². The molecule has 1 saturated carbocycles. The summed E-state index contributed by atoms with van der Waals surface area (Å²) in [6, 6.07) is 5.44. The van der Waals surface area contributed by atoms with Gasteiger partial charge in [0.15, 0.2) is 0 Å². The number of methoxy groups -OCH3 is 1. The lowest BCUT2D eigenvalue weighted by molar-refractivity contribution is 0.102. The quantitative estimate of drug-likeness (QED) is 0.878. The van der Waals surface area contributed by atoms with Gasteiger partial charge in [-0.1, -0.05) is 11.6 Å². The van der Waals surface area contributed by atoms with Crippen molar-refractivity contribution in [3.05, 3.63) is 40.7 Å². The molecule has 1 aliphatic rings. The van der Waals surface area contributed by atoms with E-state index in [4.69, 9.17) is 16.3 Å². The Labute approximate surface area is 139 Å². The number of rotatable bonds is 5. The Kier molecular flexibility index (Phi) is 4.34. The first-order valence-corrected chi connectivity index (χ1v) is 7.69. The molecule has 0 saturated heterocycles. The normalized spacial score (nSPS) is 13.5. The van der Waals surface area contributed by atoms with Gasteiger partial charge in [0.05, 0.1) is 12.8 Å². The number of anilines is 2. The Morgan fingerprint density at radius 2 is 2.17 bits per heavy atom. The predicted octanol–water partition coefficient (Wildman–Crippen LogP) is 3.27. The maximum absolute atomic E-state index is 12.4. The number of nitrogens with one attached hydrogen (secondary N) is 2. The summed E-state index contributed by atoms with van der Waals surface area (Å²) >= 11 is 6.07. The summed E-state index contributed by atoms with van der Waals surface area (Å²) < 4.78 is 5.26. The van der Waals surface area contributed by atoms with Crippen molar-refractivity contribution in [1.29, 1.82) is 0 Å². The maximum atomic E-state index is 12.4. The fourth-order valence-corrected chi connectivity index (χ4v) is 2.23. The summed E-state index contributed by atoms with van der Waals surface area (Å²) in [5, 5.41) is 6.55. The topological polar surface area (TPSA) is 76.1 Å². The van der Waals surface area contributed by atoms with Gasteiger partial charge in [0.25, 0.3) is 5.91 Å². The first-order chi connectivity index (χ1) is 11.1. The average Bonchev–Trinajstić information content (AvgIpc) is 3.35. The highest BCUT2D eigenvalue weighted by atomic mass is 35.5. The highest BCUT2D eigenvalue weighted by molar-refractivity contribution is 6.31. The van der Waals surface area contributed by atoms with Crippen LogP contribution >= 0.6 is 11.6 Å². The number of aryl methyl sites for hydroxylation is 1. The van der Waals surface area contributed by atoms with Crippen LogP contribution in [0.5, 0.6) is 5.75 Å². The fourth-order valence-electron chi connectivity index (χ4n) is 2.08. The number of nitrogens with zero attached hydrogens (tertiary/aromatic N) is 2. The zero-order valence-electron chi connectivity index (χ0n) is 12.9. The molecule has 0 aliphatic heterocycles. The van der Waals surface area contributed by atoms with Crippen molar-refractivity contribution in [3.8, 4) is 5.75 Å². The molecule has 2 aromatic rings. The second-order valence-corrected chi connectivity index (χ2v) is 5.85. The number of benzene rings is 1. The summed E-state index contributed by atoms with van der Waals surface area (Å²) in [5.41, 5.74) is 1.69. The minimum absolute atomic E-state index is 0.290. The lowest BCUT2D eigenvalue weighted by Gasteiger charge is -2.12. The van der Waals surface area contributed by atoms with Crippen molar-refractivity contribution in [2.24, 2.45) is 0 Å². The van der Waals surface area contributed by atoms with Gasteiger partial charge in [-0.3, -0.25) is 4.79 Å². The molecule has 120 valence electrons. The molecular weight excluding hydrogens is 316 g/mol. The molecule has 1 heterocycles. The molecule has 0 spiro atoms. The van der Waals surface area contributed by atoms with Crippen LogP contribution in [0.2, 0.25) is 5.02 Å². The Morgan fingerprint density at radius 1 is 1.39 bits per heavy atom. The molecule has 1 aromatic heterocycles. The fraction of sp³-hybridized carbons (Fsp3) is 0.312. The summed E-state index contributed by atoms with van der Waals surface area (Å²) in [4.78, 5) is 20.8. The number of halogens is 1. The molecule has 1 fully saturated rings. The summed E-state index contributed by atoms with van der Waals surface area (Å²) in [6.07, 6.45) is 3.79.